The number of aromatic nitrogens is 4. The maximum atomic E-state index is 5.61. The van der Waals surface area contributed by atoms with Crippen LogP contribution in [0, 0.1) is 6.92 Å². The van der Waals surface area contributed by atoms with Gasteiger partial charge in [0.05, 0.1) is 5.69 Å². The van der Waals surface area contributed by atoms with Crippen LogP contribution in [-0.4, -0.2) is 19.7 Å². The molecule has 0 unspecified atom stereocenters. The van der Waals surface area contributed by atoms with Crippen LogP contribution in [-0.2, 0) is 0 Å². The Morgan fingerprint density at radius 3 is 2.68 bits per heavy atom. The number of hydrogen-bond acceptors (Lipinski definition) is 5. The smallest absolute Gasteiger partial charge is 0.270 e. The summed E-state index contributed by atoms with van der Waals surface area (Å²) in [5.41, 5.74) is 5.25. The number of hydrogen-bond donors (Lipinski definition) is 0. The topological polar surface area (TPSA) is 56.7 Å². The molecule has 0 atom stereocenters. The Hall–Kier alpha value is -3.51. The van der Waals surface area contributed by atoms with Gasteiger partial charge in [-0.25, -0.2) is 0 Å². The molecule has 0 spiro atoms. The van der Waals surface area contributed by atoms with Crippen LogP contribution in [0.3, 0.4) is 0 Å². The van der Waals surface area contributed by atoms with Crippen molar-refractivity contribution >= 4 is 11.3 Å². The average molecular weight is 384 g/mol. The number of benzene rings is 1. The predicted octanol–water partition coefficient (Wildman–Crippen LogP) is 5.63. The fourth-order valence-electron chi connectivity index (χ4n) is 3.18. The molecule has 0 saturated heterocycles. The van der Waals surface area contributed by atoms with Crippen molar-refractivity contribution in [2.24, 2.45) is 0 Å². The van der Waals surface area contributed by atoms with E-state index in [0.717, 1.165) is 21.7 Å². The van der Waals surface area contributed by atoms with E-state index in [1.54, 1.807) is 17.5 Å². The molecular formula is C22H16N4OS. The fraction of sp³-hybridized carbons (Fsp3) is 0.0455. The molecule has 0 fully saturated rings. The van der Waals surface area contributed by atoms with Crippen molar-refractivity contribution in [1.82, 2.24) is 19.7 Å². The Kier molecular flexibility index (Phi) is 4.10. The molecule has 0 saturated carbocycles. The molecule has 5 nitrogen and oxygen atoms in total. The summed E-state index contributed by atoms with van der Waals surface area (Å²) in [6.45, 7) is 2.10. The second-order valence-corrected chi connectivity index (χ2v) is 7.30. The van der Waals surface area contributed by atoms with E-state index >= 15 is 0 Å². The highest BCUT2D eigenvalue weighted by Gasteiger charge is 2.21. The van der Waals surface area contributed by atoms with Gasteiger partial charge in [0.2, 0.25) is 5.82 Å². The Balaban J connectivity index is 1.66. The van der Waals surface area contributed by atoms with Crippen LogP contribution in [0.25, 0.3) is 39.1 Å². The first-order valence-corrected chi connectivity index (χ1v) is 9.75. The molecule has 0 aliphatic heterocycles. The van der Waals surface area contributed by atoms with Crippen molar-refractivity contribution in [3.05, 3.63) is 84.1 Å². The quantitative estimate of drug-likeness (QED) is 0.403. The van der Waals surface area contributed by atoms with Gasteiger partial charge in [-0.3, -0.25) is 4.98 Å². The molecular weight excluding hydrogens is 368 g/mol. The van der Waals surface area contributed by atoms with Crippen LogP contribution in [0.2, 0.25) is 0 Å². The van der Waals surface area contributed by atoms with Gasteiger partial charge in [-0.05, 0) is 36.8 Å². The molecule has 5 aromatic rings. The van der Waals surface area contributed by atoms with Gasteiger partial charge in [-0.15, -0.1) is 11.3 Å². The first kappa shape index (κ1) is 16.6. The fourth-order valence-corrected chi connectivity index (χ4v) is 4.17. The zero-order chi connectivity index (χ0) is 18.9. The molecule has 5 rings (SSSR count). The van der Waals surface area contributed by atoms with Crippen LogP contribution < -0.4 is 0 Å². The van der Waals surface area contributed by atoms with E-state index < -0.39 is 0 Å². The molecule has 0 aliphatic carbocycles. The summed E-state index contributed by atoms with van der Waals surface area (Å²) in [5, 5.41) is 6.27. The highest BCUT2D eigenvalue weighted by Crippen LogP contribution is 2.41. The van der Waals surface area contributed by atoms with Gasteiger partial charge in [-0.2, -0.15) is 4.98 Å². The van der Waals surface area contributed by atoms with Gasteiger partial charge < -0.3 is 9.09 Å². The summed E-state index contributed by atoms with van der Waals surface area (Å²) < 4.78 is 7.70. The maximum Gasteiger partial charge on any atom is 0.270 e. The minimum Gasteiger partial charge on any atom is -0.333 e. The number of nitrogens with zero attached hydrogens (tertiary/aromatic N) is 4. The Morgan fingerprint density at radius 1 is 1.00 bits per heavy atom. The predicted molar refractivity (Wildman–Crippen MR) is 110 cm³/mol. The van der Waals surface area contributed by atoms with E-state index in [1.807, 2.05) is 42.7 Å². The van der Waals surface area contributed by atoms with E-state index in [1.165, 1.54) is 5.56 Å². The van der Waals surface area contributed by atoms with Gasteiger partial charge in [0.1, 0.15) is 10.6 Å². The van der Waals surface area contributed by atoms with Crippen molar-refractivity contribution in [1.29, 1.82) is 0 Å². The van der Waals surface area contributed by atoms with Gasteiger partial charge in [-0.1, -0.05) is 41.1 Å². The lowest BCUT2D eigenvalue weighted by Gasteiger charge is -2.08. The Morgan fingerprint density at radius 2 is 1.89 bits per heavy atom. The average Bonchev–Trinajstić information content (AvgIpc) is 3.47. The Bertz CT molecular complexity index is 1220. The van der Waals surface area contributed by atoms with Gasteiger partial charge in [0.25, 0.3) is 5.89 Å². The molecule has 4 aromatic heterocycles. The minimum absolute atomic E-state index is 0.486. The summed E-state index contributed by atoms with van der Waals surface area (Å²) in [5.74, 6) is 0.979. The summed E-state index contributed by atoms with van der Waals surface area (Å²) in [6, 6.07) is 18.1. The van der Waals surface area contributed by atoms with Gasteiger partial charge >= 0.3 is 0 Å². The van der Waals surface area contributed by atoms with E-state index in [9.17, 15) is 0 Å². The highest BCUT2D eigenvalue weighted by molar-refractivity contribution is 7.14. The van der Waals surface area contributed by atoms with E-state index in [2.05, 4.69) is 56.3 Å². The largest absolute Gasteiger partial charge is 0.333 e. The van der Waals surface area contributed by atoms with E-state index in [4.69, 9.17) is 4.52 Å². The number of aryl methyl sites for hydroxylation is 1. The monoisotopic (exact) mass is 384 g/mol. The van der Waals surface area contributed by atoms with E-state index in [-0.39, 0.29) is 0 Å². The van der Waals surface area contributed by atoms with Crippen LogP contribution >= 0.6 is 11.3 Å². The number of pyridine rings is 1. The summed E-state index contributed by atoms with van der Waals surface area (Å²) >= 11 is 1.60. The summed E-state index contributed by atoms with van der Waals surface area (Å²) in [4.78, 5) is 9.84. The summed E-state index contributed by atoms with van der Waals surface area (Å²) in [7, 11) is 0. The lowest BCUT2D eigenvalue weighted by Crippen LogP contribution is -1.93. The first-order chi connectivity index (χ1) is 13.8. The minimum atomic E-state index is 0.486. The lowest BCUT2D eigenvalue weighted by atomic mass is 10.0. The standard InChI is InChI=1S/C22H16N4OS/c1-15-7-6-8-16(13-15)17-14-28-20(19(17)26-11-4-5-12-26)22-24-21(25-27-22)18-9-2-3-10-23-18/h2-14H,1H3. The maximum absolute atomic E-state index is 5.61. The molecule has 0 amide bonds. The number of rotatable bonds is 4. The molecule has 0 aliphatic rings. The second-order valence-electron chi connectivity index (χ2n) is 6.43. The highest BCUT2D eigenvalue weighted by atomic mass is 32.1. The second kappa shape index (κ2) is 6.90. The van der Waals surface area contributed by atoms with Crippen LogP contribution in [0.4, 0.5) is 0 Å². The zero-order valence-corrected chi connectivity index (χ0v) is 15.9. The molecule has 0 N–H and O–H groups in total. The van der Waals surface area contributed by atoms with Crippen LogP contribution in [0.5, 0.6) is 0 Å². The van der Waals surface area contributed by atoms with Crippen molar-refractivity contribution in [3.8, 4) is 39.1 Å². The Labute approximate surface area is 165 Å². The van der Waals surface area contributed by atoms with Crippen molar-refractivity contribution in [3.63, 3.8) is 0 Å². The molecule has 28 heavy (non-hydrogen) atoms. The molecule has 1 aromatic carbocycles. The van der Waals surface area contributed by atoms with Crippen molar-refractivity contribution < 1.29 is 4.52 Å². The zero-order valence-electron chi connectivity index (χ0n) is 15.1. The third kappa shape index (κ3) is 2.93. The van der Waals surface area contributed by atoms with Crippen molar-refractivity contribution in [2.75, 3.05) is 0 Å². The lowest BCUT2D eigenvalue weighted by molar-refractivity contribution is 0.433. The van der Waals surface area contributed by atoms with Gasteiger partial charge in [0.15, 0.2) is 0 Å². The van der Waals surface area contributed by atoms with Crippen molar-refractivity contribution in [2.45, 2.75) is 6.92 Å². The third-order valence-electron chi connectivity index (χ3n) is 4.47. The third-order valence-corrected chi connectivity index (χ3v) is 5.43. The number of thiophene rings is 1. The molecule has 6 heteroatoms. The first-order valence-electron chi connectivity index (χ1n) is 8.87. The molecule has 0 radical (unpaired) electrons. The molecule has 0 bridgehead atoms. The molecule has 136 valence electrons. The van der Waals surface area contributed by atoms with Crippen LogP contribution in [0.15, 0.2) is 83.1 Å². The van der Waals surface area contributed by atoms with E-state index in [0.29, 0.717) is 17.4 Å². The SMILES string of the molecule is Cc1cccc(-c2csc(-c3nc(-c4ccccn4)no3)c2-n2cccc2)c1. The van der Waals surface area contributed by atoms with Crippen LogP contribution in [0.1, 0.15) is 5.56 Å². The molecule has 4 heterocycles. The summed E-state index contributed by atoms with van der Waals surface area (Å²) in [6.07, 6.45) is 5.78. The normalized spacial score (nSPS) is 11.0. The van der Waals surface area contributed by atoms with Gasteiger partial charge in [0, 0.05) is 29.5 Å².